The van der Waals surface area contributed by atoms with E-state index in [4.69, 9.17) is 10.8 Å². The van der Waals surface area contributed by atoms with E-state index in [0.717, 1.165) is 18.2 Å². The van der Waals surface area contributed by atoms with E-state index in [1.165, 1.54) is 28.0 Å². The Kier molecular flexibility index (Phi) is 6.81. The molecule has 0 unspecified atom stereocenters. The second-order valence-electron chi connectivity index (χ2n) is 5.86. The highest BCUT2D eigenvalue weighted by molar-refractivity contribution is 5.92. The maximum absolute atomic E-state index is 13.8. The molecule has 3 rings (SSSR count). The lowest BCUT2D eigenvalue weighted by atomic mass is 10.0. The molecule has 0 aliphatic carbocycles. The van der Waals surface area contributed by atoms with Gasteiger partial charge < -0.3 is 15.4 Å². The number of alkyl halides is 3. The van der Waals surface area contributed by atoms with Crippen molar-refractivity contribution < 1.29 is 22.7 Å². The summed E-state index contributed by atoms with van der Waals surface area (Å²) in [6.45, 7) is -0.216. The Hall–Kier alpha value is -2.43. The van der Waals surface area contributed by atoms with Crippen LogP contribution in [-0.4, -0.2) is 37.6 Å². The standard InChI is InChI=1S/C17H17F4N5O.ClH/c18-13(1-2-22)9-25-10-23-16-14(11-7-24-26(8-11)3-4-27)5-12(6-15(16)25)17(19,20)21;/h1,5-8,10,27H,2-4,9,22H2;1H/b13-1-;. The lowest BCUT2D eigenvalue weighted by Gasteiger charge is -2.11. The van der Waals surface area contributed by atoms with E-state index in [9.17, 15) is 17.6 Å². The molecule has 3 N–H and O–H groups in total. The first-order valence-electron chi connectivity index (χ1n) is 8.08. The molecule has 0 spiro atoms. The summed E-state index contributed by atoms with van der Waals surface area (Å²) in [5, 5.41) is 13.0. The maximum atomic E-state index is 13.8. The van der Waals surface area contributed by atoms with Gasteiger partial charge in [-0.3, -0.25) is 4.68 Å². The number of nitrogens with zero attached hydrogens (tertiary/aromatic N) is 4. The third kappa shape index (κ3) is 4.51. The van der Waals surface area contributed by atoms with Crippen LogP contribution in [0.4, 0.5) is 17.6 Å². The molecule has 1 aromatic carbocycles. The molecule has 0 aliphatic heterocycles. The van der Waals surface area contributed by atoms with Gasteiger partial charge >= 0.3 is 6.18 Å². The number of hydrogen-bond acceptors (Lipinski definition) is 4. The maximum Gasteiger partial charge on any atom is 0.416 e. The molecule has 0 radical (unpaired) electrons. The molecule has 0 saturated heterocycles. The zero-order valence-electron chi connectivity index (χ0n) is 14.5. The van der Waals surface area contributed by atoms with Gasteiger partial charge in [0.25, 0.3) is 0 Å². The normalized spacial score (nSPS) is 12.4. The highest BCUT2D eigenvalue weighted by Crippen LogP contribution is 2.36. The summed E-state index contributed by atoms with van der Waals surface area (Å²) in [6.07, 6.45) is 0.790. The van der Waals surface area contributed by atoms with Gasteiger partial charge in [-0.1, -0.05) is 0 Å². The minimum Gasteiger partial charge on any atom is -0.394 e. The van der Waals surface area contributed by atoms with Crippen LogP contribution in [-0.2, 0) is 19.3 Å². The van der Waals surface area contributed by atoms with E-state index in [2.05, 4.69) is 10.1 Å². The van der Waals surface area contributed by atoms with Crippen LogP contribution in [0.15, 0.2) is 42.8 Å². The molecule has 11 heteroatoms. The predicted molar refractivity (Wildman–Crippen MR) is 98.5 cm³/mol. The molecule has 2 heterocycles. The third-order valence-corrected chi connectivity index (χ3v) is 3.99. The van der Waals surface area contributed by atoms with Crippen LogP contribution >= 0.6 is 12.4 Å². The summed E-state index contributed by atoms with van der Waals surface area (Å²) in [7, 11) is 0. The fraction of sp³-hybridized carbons (Fsp3) is 0.294. The van der Waals surface area contributed by atoms with Gasteiger partial charge in [0.2, 0.25) is 0 Å². The molecule has 0 amide bonds. The van der Waals surface area contributed by atoms with E-state index in [1.54, 1.807) is 0 Å². The van der Waals surface area contributed by atoms with Crippen molar-refractivity contribution in [1.29, 1.82) is 0 Å². The van der Waals surface area contributed by atoms with E-state index < -0.39 is 17.6 Å². The van der Waals surface area contributed by atoms with Crippen molar-refractivity contribution in [2.24, 2.45) is 5.73 Å². The van der Waals surface area contributed by atoms with Gasteiger partial charge in [-0.15, -0.1) is 12.4 Å². The summed E-state index contributed by atoms with van der Waals surface area (Å²) in [6, 6.07) is 1.94. The fourth-order valence-electron chi connectivity index (χ4n) is 2.76. The number of benzene rings is 1. The monoisotopic (exact) mass is 419 g/mol. The van der Waals surface area contributed by atoms with Gasteiger partial charge in [-0.2, -0.15) is 18.3 Å². The van der Waals surface area contributed by atoms with Crippen LogP contribution < -0.4 is 5.73 Å². The largest absolute Gasteiger partial charge is 0.416 e. The number of hydrogen-bond donors (Lipinski definition) is 2. The van der Waals surface area contributed by atoms with Gasteiger partial charge in [-0.25, -0.2) is 9.37 Å². The first kappa shape index (κ1) is 21.9. The second kappa shape index (κ2) is 8.72. The van der Waals surface area contributed by atoms with Crippen LogP contribution in [0.25, 0.3) is 22.2 Å². The summed E-state index contributed by atoms with van der Waals surface area (Å²) >= 11 is 0. The number of rotatable bonds is 6. The van der Waals surface area contributed by atoms with Crippen molar-refractivity contribution in [3.63, 3.8) is 0 Å². The number of aliphatic hydroxyl groups is 1. The molecule has 0 saturated carbocycles. The van der Waals surface area contributed by atoms with Crippen molar-refractivity contribution in [1.82, 2.24) is 19.3 Å². The zero-order chi connectivity index (χ0) is 19.6. The number of allylic oxidation sites excluding steroid dienone is 1. The Morgan fingerprint density at radius 1 is 1.29 bits per heavy atom. The minimum atomic E-state index is -4.58. The summed E-state index contributed by atoms with van der Waals surface area (Å²) in [5.41, 5.74) is 5.49. The Balaban J connectivity index is 0.00000280. The zero-order valence-corrected chi connectivity index (χ0v) is 15.3. The molecule has 0 atom stereocenters. The number of nitrogens with two attached hydrogens (primary N) is 1. The van der Waals surface area contributed by atoms with Crippen LogP contribution in [0.2, 0.25) is 0 Å². The van der Waals surface area contributed by atoms with E-state index in [-0.39, 0.29) is 49.7 Å². The molecular formula is C17H18ClF4N5O. The van der Waals surface area contributed by atoms with Gasteiger partial charge in [0.15, 0.2) is 0 Å². The van der Waals surface area contributed by atoms with Crippen molar-refractivity contribution in [2.45, 2.75) is 19.3 Å². The van der Waals surface area contributed by atoms with Crippen molar-refractivity contribution in [3.05, 3.63) is 48.3 Å². The molecule has 6 nitrogen and oxygen atoms in total. The van der Waals surface area contributed by atoms with Crippen LogP contribution in [0, 0.1) is 0 Å². The van der Waals surface area contributed by atoms with Crippen LogP contribution in [0.5, 0.6) is 0 Å². The topological polar surface area (TPSA) is 81.9 Å². The molecular weight excluding hydrogens is 402 g/mol. The average molecular weight is 420 g/mol. The highest BCUT2D eigenvalue weighted by Gasteiger charge is 2.32. The predicted octanol–water partition coefficient (Wildman–Crippen LogP) is 3.14. The molecule has 3 aromatic rings. The van der Waals surface area contributed by atoms with Gasteiger partial charge in [0.05, 0.1) is 48.8 Å². The Bertz CT molecular complexity index is 980. The van der Waals surface area contributed by atoms with E-state index in [1.807, 2.05) is 0 Å². The molecule has 0 aliphatic rings. The summed E-state index contributed by atoms with van der Waals surface area (Å²) < 4.78 is 56.7. The van der Waals surface area contributed by atoms with Crippen LogP contribution in [0.1, 0.15) is 5.56 Å². The molecule has 152 valence electrons. The molecule has 2 aromatic heterocycles. The number of imidazole rings is 1. The van der Waals surface area contributed by atoms with Crippen LogP contribution in [0.3, 0.4) is 0 Å². The van der Waals surface area contributed by atoms with E-state index >= 15 is 0 Å². The van der Waals surface area contributed by atoms with Gasteiger partial charge in [0.1, 0.15) is 5.83 Å². The Morgan fingerprint density at radius 3 is 2.68 bits per heavy atom. The Labute approximate surface area is 163 Å². The number of aromatic nitrogens is 4. The SMILES string of the molecule is Cl.NC/C=C(\F)Cn1cnc2c(-c3cnn(CCO)c3)cc(C(F)(F)F)cc21. The number of aliphatic hydroxyl groups excluding tert-OH is 1. The van der Waals surface area contributed by atoms with Crippen molar-refractivity contribution >= 4 is 23.4 Å². The van der Waals surface area contributed by atoms with Crippen molar-refractivity contribution in [3.8, 4) is 11.1 Å². The smallest absolute Gasteiger partial charge is 0.394 e. The molecule has 28 heavy (non-hydrogen) atoms. The highest BCUT2D eigenvalue weighted by atomic mass is 35.5. The average Bonchev–Trinajstić information content (AvgIpc) is 3.21. The number of fused-ring (bicyclic) bond motifs is 1. The summed E-state index contributed by atoms with van der Waals surface area (Å²) in [4.78, 5) is 4.17. The number of halogens is 5. The minimum absolute atomic E-state index is 0. The lowest BCUT2D eigenvalue weighted by Crippen LogP contribution is -2.06. The molecule has 0 bridgehead atoms. The third-order valence-electron chi connectivity index (χ3n) is 3.99. The first-order valence-corrected chi connectivity index (χ1v) is 8.08. The quantitative estimate of drug-likeness (QED) is 0.601. The van der Waals surface area contributed by atoms with Gasteiger partial charge in [-0.05, 0) is 18.2 Å². The fourth-order valence-corrected chi connectivity index (χ4v) is 2.76. The molecule has 0 fully saturated rings. The lowest BCUT2D eigenvalue weighted by molar-refractivity contribution is -0.137. The summed E-state index contributed by atoms with van der Waals surface area (Å²) in [5.74, 6) is -0.563. The Morgan fingerprint density at radius 2 is 2.04 bits per heavy atom. The van der Waals surface area contributed by atoms with E-state index in [0.29, 0.717) is 11.1 Å². The second-order valence-corrected chi connectivity index (χ2v) is 5.86. The first-order chi connectivity index (χ1) is 12.8. The van der Waals surface area contributed by atoms with Gasteiger partial charge in [0, 0.05) is 23.9 Å². The van der Waals surface area contributed by atoms with Crippen molar-refractivity contribution in [2.75, 3.05) is 13.2 Å².